The molecule has 0 atom stereocenters. The summed E-state index contributed by atoms with van der Waals surface area (Å²) in [5.41, 5.74) is 9.98. The number of hydrogen-bond acceptors (Lipinski definition) is 9. The first-order valence-corrected chi connectivity index (χ1v) is 16.4. The van der Waals surface area contributed by atoms with Crippen molar-refractivity contribution in [3.63, 3.8) is 0 Å². The minimum atomic E-state index is -0.296. The molecule has 4 aromatic heterocycles. The summed E-state index contributed by atoms with van der Waals surface area (Å²) in [6.45, 7) is 0.194. The fourth-order valence-corrected chi connectivity index (χ4v) is 5.97. The Hall–Kier alpha value is -6.58. The number of aromatic hydroxyl groups is 1. The molecule has 7 aromatic rings. The molecule has 0 saturated heterocycles. The molecular weight excluding hydrogens is 666 g/mol. The lowest BCUT2D eigenvalue weighted by molar-refractivity contribution is -0.116. The molecule has 51 heavy (non-hydrogen) atoms. The zero-order valence-electron chi connectivity index (χ0n) is 27.1. The van der Waals surface area contributed by atoms with Gasteiger partial charge in [-0.3, -0.25) is 19.1 Å². The van der Waals surface area contributed by atoms with Crippen molar-refractivity contribution in [2.24, 2.45) is 0 Å². The molecule has 13 heteroatoms. The zero-order valence-corrected chi connectivity index (χ0v) is 27.9. The van der Waals surface area contributed by atoms with Crippen LogP contribution in [0.1, 0.15) is 36.2 Å². The van der Waals surface area contributed by atoms with Crippen molar-refractivity contribution in [2.45, 2.75) is 32.4 Å². The van der Waals surface area contributed by atoms with Crippen molar-refractivity contribution >= 4 is 50.9 Å². The average Bonchev–Trinajstić information content (AvgIpc) is 3.50. The highest BCUT2D eigenvalue weighted by Gasteiger charge is 2.21. The van der Waals surface area contributed by atoms with Gasteiger partial charge in [-0.15, -0.1) is 0 Å². The van der Waals surface area contributed by atoms with Crippen LogP contribution in [0.2, 0.25) is 5.02 Å². The molecule has 3 aromatic carbocycles. The fraction of sp³-hybridized carbons (Fsp3) is 0.132. The molecule has 1 amide bonds. The number of nitrogens with two attached hydrogens (primary N) is 1. The number of halogens is 1. The number of unbranched alkanes of at least 4 members (excludes halogenated alkanes) is 1. The van der Waals surface area contributed by atoms with Crippen molar-refractivity contribution < 1.29 is 9.90 Å². The summed E-state index contributed by atoms with van der Waals surface area (Å²) >= 11 is 6.58. The SMILES string of the molecule is Nc1ncnc2c1c(-c1cccc(O)c1)nn2Cc1nc2cccc(C#CCCCC(=O)Nc3ccncc3)c2c(=O)n1Cc1ccccc1Cl. The van der Waals surface area contributed by atoms with E-state index in [1.54, 1.807) is 82.3 Å². The van der Waals surface area contributed by atoms with Gasteiger partial charge in [-0.25, -0.2) is 19.6 Å². The van der Waals surface area contributed by atoms with E-state index < -0.39 is 0 Å². The van der Waals surface area contributed by atoms with Crippen LogP contribution in [0, 0.1) is 11.8 Å². The number of nitrogens with zero attached hydrogens (tertiary/aromatic N) is 7. The monoisotopic (exact) mass is 695 g/mol. The van der Waals surface area contributed by atoms with Crippen LogP contribution < -0.4 is 16.6 Å². The number of aromatic nitrogens is 7. The Morgan fingerprint density at radius 2 is 1.78 bits per heavy atom. The first-order valence-electron chi connectivity index (χ1n) is 16.1. The molecule has 0 radical (unpaired) electrons. The number of rotatable bonds is 9. The minimum absolute atomic E-state index is 0.0544. The van der Waals surface area contributed by atoms with Crippen LogP contribution in [0.4, 0.5) is 11.5 Å². The summed E-state index contributed by atoms with van der Waals surface area (Å²) in [7, 11) is 0. The van der Waals surface area contributed by atoms with Gasteiger partial charge >= 0.3 is 0 Å². The first-order chi connectivity index (χ1) is 24.9. The third-order valence-corrected chi connectivity index (χ3v) is 8.58. The number of phenols is 1. The molecule has 0 spiro atoms. The van der Waals surface area contributed by atoms with Crippen LogP contribution in [-0.4, -0.2) is 45.3 Å². The molecule has 0 unspecified atom stereocenters. The summed E-state index contributed by atoms with van der Waals surface area (Å²) in [6, 6.07) is 22.8. The van der Waals surface area contributed by atoms with Crippen LogP contribution >= 0.6 is 11.6 Å². The lowest BCUT2D eigenvalue weighted by atomic mass is 10.1. The van der Waals surface area contributed by atoms with Gasteiger partial charge < -0.3 is 16.2 Å². The van der Waals surface area contributed by atoms with Gasteiger partial charge in [-0.2, -0.15) is 5.10 Å². The van der Waals surface area contributed by atoms with Crippen molar-refractivity contribution in [3.8, 4) is 28.8 Å². The van der Waals surface area contributed by atoms with E-state index in [0.717, 1.165) is 5.56 Å². The molecule has 0 fully saturated rings. The van der Waals surface area contributed by atoms with Crippen LogP contribution in [-0.2, 0) is 17.9 Å². The Balaban J connectivity index is 1.25. The number of phenolic OH excluding ortho intramolecular Hbond substituents is 1. The smallest absolute Gasteiger partial charge is 0.263 e. The number of carbonyl (C=O) groups excluding carboxylic acids is 1. The molecule has 0 aliphatic heterocycles. The van der Waals surface area contributed by atoms with Gasteiger partial charge in [0, 0.05) is 47.1 Å². The topological polar surface area (TPSA) is 167 Å². The number of pyridine rings is 1. The van der Waals surface area contributed by atoms with Gasteiger partial charge in [0.1, 0.15) is 36.0 Å². The Morgan fingerprint density at radius 1 is 0.961 bits per heavy atom. The average molecular weight is 696 g/mol. The Labute approximate surface area is 296 Å². The first kappa shape index (κ1) is 32.9. The molecule has 0 saturated carbocycles. The highest BCUT2D eigenvalue weighted by atomic mass is 35.5. The van der Waals surface area contributed by atoms with E-state index in [1.807, 2.05) is 18.2 Å². The van der Waals surface area contributed by atoms with Gasteiger partial charge in [0.15, 0.2) is 5.65 Å². The highest BCUT2D eigenvalue weighted by Crippen LogP contribution is 2.32. The zero-order chi connectivity index (χ0) is 35.3. The van der Waals surface area contributed by atoms with Crippen molar-refractivity contribution in [1.82, 2.24) is 34.3 Å². The maximum Gasteiger partial charge on any atom is 0.263 e. The van der Waals surface area contributed by atoms with E-state index >= 15 is 0 Å². The molecule has 252 valence electrons. The number of fused-ring (bicyclic) bond motifs is 2. The van der Waals surface area contributed by atoms with Gasteiger partial charge in [0.25, 0.3) is 5.56 Å². The maximum atomic E-state index is 14.5. The summed E-state index contributed by atoms with van der Waals surface area (Å²) in [6.07, 6.45) is 5.89. The minimum Gasteiger partial charge on any atom is -0.508 e. The second-order valence-electron chi connectivity index (χ2n) is 11.7. The van der Waals surface area contributed by atoms with Crippen LogP contribution in [0.5, 0.6) is 5.75 Å². The standard InChI is InChI=1S/C38H30ClN9O3/c39-29-13-5-4-9-26(29)21-47-31(22-48-37-34(36(40)42-23-43-37)35(46-48)25-11-6-12-28(49)20-25)45-30-14-7-10-24(33(30)38(47)51)8-2-1-3-15-32(50)44-27-16-18-41-19-17-27/h4-7,9-14,16-20,23,49H,1,3,15,21-22H2,(H2,40,42,43)(H,41,44,50). The van der Waals surface area contributed by atoms with Gasteiger partial charge in [0.05, 0.1) is 22.8 Å². The number of benzene rings is 3. The number of nitrogen functional groups attached to an aromatic ring is 1. The summed E-state index contributed by atoms with van der Waals surface area (Å²) < 4.78 is 3.20. The summed E-state index contributed by atoms with van der Waals surface area (Å²) in [4.78, 5) is 44.4. The van der Waals surface area contributed by atoms with Crippen LogP contribution in [0.15, 0.2) is 102 Å². The third kappa shape index (κ3) is 7.10. The van der Waals surface area contributed by atoms with Crippen molar-refractivity contribution in [2.75, 3.05) is 11.1 Å². The normalized spacial score (nSPS) is 11.0. The van der Waals surface area contributed by atoms with Gasteiger partial charge in [-0.05, 0) is 54.4 Å². The molecule has 0 bridgehead atoms. The number of nitrogens with one attached hydrogen (secondary N) is 1. The van der Waals surface area contributed by atoms with Gasteiger partial charge in [0.2, 0.25) is 5.91 Å². The Kier molecular flexibility index (Phi) is 9.36. The molecule has 12 nitrogen and oxygen atoms in total. The van der Waals surface area contributed by atoms with E-state index in [-0.39, 0.29) is 36.1 Å². The molecular formula is C38H30ClN9O3. The predicted molar refractivity (Wildman–Crippen MR) is 196 cm³/mol. The second kappa shape index (κ2) is 14.5. The van der Waals surface area contributed by atoms with E-state index in [2.05, 4.69) is 32.1 Å². The Morgan fingerprint density at radius 3 is 2.61 bits per heavy atom. The molecule has 4 heterocycles. The van der Waals surface area contributed by atoms with E-state index in [1.165, 1.54) is 6.33 Å². The fourth-order valence-electron chi connectivity index (χ4n) is 5.78. The van der Waals surface area contributed by atoms with E-state index in [0.29, 0.717) is 74.6 Å². The predicted octanol–water partition coefficient (Wildman–Crippen LogP) is 5.80. The summed E-state index contributed by atoms with van der Waals surface area (Å²) in [5.74, 6) is 6.86. The van der Waals surface area contributed by atoms with Crippen LogP contribution in [0.3, 0.4) is 0 Å². The molecule has 0 aliphatic carbocycles. The molecule has 4 N–H and O–H groups in total. The highest BCUT2D eigenvalue weighted by molar-refractivity contribution is 6.31. The summed E-state index contributed by atoms with van der Waals surface area (Å²) in [5, 5.41) is 19.2. The molecule has 0 aliphatic rings. The lowest BCUT2D eigenvalue weighted by Crippen LogP contribution is -2.28. The number of amides is 1. The second-order valence-corrected chi connectivity index (χ2v) is 12.1. The number of anilines is 2. The quantitative estimate of drug-likeness (QED) is 0.125. The third-order valence-electron chi connectivity index (χ3n) is 8.21. The van der Waals surface area contributed by atoms with Crippen LogP contribution in [0.25, 0.3) is 33.2 Å². The number of carbonyl (C=O) groups is 1. The lowest BCUT2D eigenvalue weighted by Gasteiger charge is -2.15. The van der Waals surface area contributed by atoms with Crippen molar-refractivity contribution in [3.05, 3.63) is 130 Å². The van der Waals surface area contributed by atoms with Crippen molar-refractivity contribution in [1.29, 1.82) is 0 Å². The molecule has 7 rings (SSSR count). The largest absolute Gasteiger partial charge is 0.508 e. The Bertz CT molecular complexity index is 2540. The van der Waals surface area contributed by atoms with E-state index in [4.69, 9.17) is 27.4 Å². The van der Waals surface area contributed by atoms with Gasteiger partial charge in [-0.1, -0.05) is 59.8 Å². The maximum absolute atomic E-state index is 14.5. The number of hydrogen-bond donors (Lipinski definition) is 3. The van der Waals surface area contributed by atoms with E-state index in [9.17, 15) is 14.7 Å².